The molecule has 1 aliphatic heterocycles. The van der Waals surface area contributed by atoms with E-state index >= 15 is 0 Å². The number of halogens is 1. The first-order valence-corrected chi connectivity index (χ1v) is 6.88. The summed E-state index contributed by atoms with van der Waals surface area (Å²) in [7, 11) is 0. The average molecular weight is 267 g/mol. The Balaban J connectivity index is 1.73. The van der Waals surface area contributed by atoms with Crippen molar-refractivity contribution in [2.75, 3.05) is 18.4 Å². The lowest BCUT2D eigenvalue weighted by atomic mass is 9.93. The van der Waals surface area contributed by atoms with Crippen LogP contribution in [0.5, 0.6) is 0 Å². The number of carbonyl (C=O) groups is 1. The Hall–Kier alpha value is -1.06. The highest BCUT2D eigenvalue weighted by Crippen LogP contribution is 2.18. The molecule has 18 heavy (non-hydrogen) atoms. The average Bonchev–Trinajstić information content (AvgIpc) is 2.40. The van der Waals surface area contributed by atoms with Gasteiger partial charge in [0.2, 0.25) is 5.91 Å². The first kappa shape index (κ1) is 13.4. The van der Waals surface area contributed by atoms with Crippen LogP contribution in [0.3, 0.4) is 0 Å². The molecule has 2 N–H and O–H groups in total. The third-order valence-electron chi connectivity index (χ3n) is 3.37. The van der Waals surface area contributed by atoms with E-state index in [1.807, 2.05) is 12.1 Å². The van der Waals surface area contributed by atoms with Gasteiger partial charge in [-0.05, 0) is 62.5 Å². The molecule has 1 saturated heterocycles. The van der Waals surface area contributed by atoms with Crippen LogP contribution in [0, 0.1) is 5.92 Å². The minimum Gasteiger partial charge on any atom is -0.326 e. The van der Waals surface area contributed by atoms with E-state index in [-0.39, 0.29) is 5.91 Å². The Morgan fingerprint density at radius 2 is 1.94 bits per heavy atom. The van der Waals surface area contributed by atoms with Crippen molar-refractivity contribution in [3.8, 4) is 0 Å². The number of nitrogens with one attached hydrogen (secondary N) is 2. The number of amides is 1. The van der Waals surface area contributed by atoms with Crippen molar-refractivity contribution in [2.45, 2.75) is 25.7 Å². The zero-order valence-electron chi connectivity index (χ0n) is 10.4. The SMILES string of the molecule is O=C(CCC1CCNCC1)Nc1ccc(Cl)cc1. The molecule has 0 atom stereocenters. The second-order valence-electron chi connectivity index (χ2n) is 4.79. The van der Waals surface area contributed by atoms with Gasteiger partial charge < -0.3 is 10.6 Å². The van der Waals surface area contributed by atoms with Crippen LogP contribution in [0.25, 0.3) is 0 Å². The molecule has 0 radical (unpaired) electrons. The molecule has 4 heteroatoms. The lowest BCUT2D eigenvalue weighted by Crippen LogP contribution is -2.28. The van der Waals surface area contributed by atoms with Gasteiger partial charge in [-0.15, -0.1) is 0 Å². The molecule has 0 aromatic heterocycles. The summed E-state index contributed by atoms with van der Waals surface area (Å²) in [5.41, 5.74) is 0.815. The molecule has 2 rings (SSSR count). The molecule has 1 aromatic carbocycles. The fourth-order valence-corrected chi connectivity index (χ4v) is 2.39. The number of carbonyl (C=O) groups excluding carboxylic acids is 1. The van der Waals surface area contributed by atoms with E-state index in [2.05, 4.69) is 10.6 Å². The smallest absolute Gasteiger partial charge is 0.224 e. The predicted octanol–water partition coefficient (Wildman–Crippen LogP) is 3.06. The van der Waals surface area contributed by atoms with E-state index < -0.39 is 0 Å². The van der Waals surface area contributed by atoms with E-state index in [0.717, 1.165) is 25.2 Å². The fraction of sp³-hybridized carbons (Fsp3) is 0.500. The number of anilines is 1. The van der Waals surface area contributed by atoms with Crippen LogP contribution in [0.2, 0.25) is 5.02 Å². The molecule has 1 fully saturated rings. The van der Waals surface area contributed by atoms with Gasteiger partial charge >= 0.3 is 0 Å². The van der Waals surface area contributed by atoms with Gasteiger partial charge in [-0.25, -0.2) is 0 Å². The summed E-state index contributed by atoms with van der Waals surface area (Å²) >= 11 is 5.79. The third-order valence-corrected chi connectivity index (χ3v) is 3.62. The molecule has 1 aromatic rings. The standard InChI is InChI=1S/C14H19ClN2O/c15-12-2-4-13(5-3-12)17-14(18)6-1-11-7-9-16-10-8-11/h2-5,11,16H,1,6-10H2,(H,17,18). The molecule has 3 nitrogen and oxygen atoms in total. The van der Waals surface area contributed by atoms with Crippen LogP contribution in [-0.2, 0) is 4.79 Å². The number of piperidine rings is 1. The summed E-state index contributed by atoms with van der Waals surface area (Å²) in [4.78, 5) is 11.8. The molecule has 0 saturated carbocycles. The van der Waals surface area contributed by atoms with Crippen LogP contribution >= 0.6 is 11.6 Å². The molecule has 1 aliphatic rings. The second-order valence-corrected chi connectivity index (χ2v) is 5.22. The Morgan fingerprint density at radius 1 is 1.28 bits per heavy atom. The van der Waals surface area contributed by atoms with Crippen LogP contribution in [0.4, 0.5) is 5.69 Å². The van der Waals surface area contributed by atoms with Gasteiger partial charge in [0.1, 0.15) is 0 Å². The summed E-state index contributed by atoms with van der Waals surface area (Å²) in [5, 5.41) is 6.91. The van der Waals surface area contributed by atoms with Gasteiger partial charge in [-0.1, -0.05) is 11.6 Å². The quantitative estimate of drug-likeness (QED) is 0.879. The molecule has 1 heterocycles. The predicted molar refractivity (Wildman–Crippen MR) is 74.9 cm³/mol. The van der Waals surface area contributed by atoms with Gasteiger partial charge in [-0.3, -0.25) is 4.79 Å². The first-order chi connectivity index (χ1) is 8.74. The number of benzene rings is 1. The van der Waals surface area contributed by atoms with Crippen molar-refractivity contribution in [3.05, 3.63) is 29.3 Å². The summed E-state index contributed by atoms with van der Waals surface area (Å²) in [6, 6.07) is 7.21. The van der Waals surface area contributed by atoms with Gasteiger partial charge in [0, 0.05) is 17.1 Å². The summed E-state index contributed by atoms with van der Waals surface area (Å²) in [5.74, 6) is 0.790. The lowest BCUT2D eigenvalue weighted by Gasteiger charge is -2.22. The van der Waals surface area contributed by atoms with Gasteiger partial charge in [0.25, 0.3) is 0 Å². The molecule has 98 valence electrons. The van der Waals surface area contributed by atoms with E-state index in [1.165, 1.54) is 12.8 Å². The van der Waals surface area contributed by atoms with Crippen molar-refractivity contribution < 1.29 is 4.79 Å². The zero-order chi connectivity index (χ0) is 12.8. The van der Waals surface area contributed by atoms with E-state index in [4.69, 9.17) is 11.6 Å². The number of rotatable bonds is 4. The van der Waals surface area contributed by atoms with E-state index in [9.17, 15) is 4.79 Å². The maximum absolute atomic E-state index is 11.8. The van der Waals surface area contributed by atoms with E-state index in [1.54, 1.807) is 12.1 Å². The zero-order valence-corrected chi connectivity index (χ0v) is 11.2. The first-order valence-electron chi connectivity index (χ1n) is 6.50. The van der Waals surface area contributed by atoms with Crippen molar-refractivity contribution in [1.82, 2.24) is 5.32 Å². The van der Waals surface area contributed by atoms with Crippen molar-refractivity contribution in [3.63, 3.8) is 0 Å². The van der Waals surface area contributed by atoms with Crippen LogP contribution < -0.4 is 10.6 Å². The summed E-state index contributed by atoms with van der Waals surface area (Å²) in [6.45, 7) is 2.17. The molecule has 0 bridgehead atoms. The Labute approximate surface area is 113 Å². The minimum atomic E-state index is 0.0934. The van der Waals surface area contributed by atoms with Gasteiger partial charge in [0.15, 0.2) is 0 Å². The normalized spacial score (nSPS) is 16.5. The lowest BCUT2D eigenvalue weighted by molar-refractivity contribution is -0.116. The van der Waals surface area contributed by atoms with Crippen LogP contribution in [-0.4, -0.2) is 19.0 Å². The number of hydrogen-bond acceptors (Lipinski definition) is 2. The maximum atomic E-state index is 11.8. The molecular formula is C14H19ClN2O. The van der Waals surface area contributed by atoms with Gasteiger partial charge in [-0.2, -0.15) is 0 Å². The van der Waals surface area contributed by atoms with Crippen molar-refractivity contribution in [1.29, 1.82) is 0 Å². The fourth-order valence-electron chi connectivity index (χ4n) is 2.26. The summed E-state index contributed by atoms with van der Waals surface area (Å²) in [6.07, 6.45) is 3.97. The Kier molecular flexibility index (Phi) is 5.02. The highest BCUT2D eigenvalue weighted by molar-refractivity contribution is 6.30. The minimum absolute atomic E-state index is 0.0934. The monoisotopic (exact) mass is 266 g/mol. The highest BCUT2D eigenvalue weighted by Gasteiger charge is 2.14. The molecule has 0 spiro atoms. The molecule has 1 amide bonds. The third kappa shape index (κ3) is 4.31. The van der Waals surface area contributed by atoms with Crippen molar-refractivity contribution >= 4 is 23.2 Å². The largest absolute Gasteiger partial charge is 0.326 e. The maximum Gasteiger partial charge on any atom is 0.224 e. The molecular weight excluding hydrogens is 248 g/mol. The summed E-state index contributed by atoms with van der Waals surface area (Å²) < 4.78 is 0. The van der Waals surface area contributed by atoms with Gasteiger partial charge in [0.05, 0.1) is 0 Å². The topological polar surface area (TPSA) is 41.1 Å². The molecule has 0 aliphatic carbocycles. The van der Waals surface area contributed by atoms with Crippen LogP contribution in [0.15, 0.2) is 24.3 Å². The molecule has 0 unspecified atom stereocenters. The van der Waals surface area contributed by atoms with Crippen molar-refractivity contribution in [2.24, 2.45) is 5.92 Å². The van der Waals surface area contributed by atoms with E-state index in [0.29, 0.717) is 17.4 Å². The Bertz CT molecular complexity index is 385. The Morgan fingerprint density at radius 3 is 2.61 bits per heavy atom. The second kappa shape index (κ2) is 6.76. The van der Waals surface area contributed by atoms with Crippen LogP contribution in [0.1, 0.15) is 25.7 Å². The highest BCUT2D eigenvalue weighted by atomic mass is 35.5. The number of hydrogen-bond donors (Lipinski definition) is 2.